The van der Waals surface area contributed by atoms with Crippen LogP contribution in [0.1, 0.15) is 29.8 Å². The Labute approximate surface area is 113 Å². The molecule has 2 atom stereocenters. The normalized spacial score (nSPS) is 23.0. The molecule has 0 bridgehead atoms. The SMILES string of the molecule is O=C(NC1CCC(C(=O)O)C1)c1cc(Cl)c(Cl)[nH]1. The van der Waals surface area contributed by atoms with Crippen molar-refractivity contribution in [3.8, 4) is 0 Å². The van der Waals surface area contributed by atoms with Crippen LogP contribution < -0.4 is 5.32 Å². The molecule has 1 aliphatic carbocycles. The van der Waals surface area contributed by atoms with Gasteiger partial charge < -0.3 is 15.4 Å². The maximum absolute atomic E-state index is 11.8. The second-order valence-corrected chi connectivity index (χ2v) is 5.15. The van der Waals surface area contributed by atoms with Gasteiger partial charge in [0.05, 0.1) is 10.9 Å². The highest BCUT2D eigenvalue weighted by Crippen LogP contribution is 2.26. The molecule has 1 saturated carbocycles. The number of amides is 1. The lowest BCUT2D eigenvalue weighted by Crippen LogP contribution is -2.33. The number of H-pyrrole nitrogens is 1. The average Bonchev–Trinajstić information content (AvgIpc) is 2.87. The molecule has 18 heavy (non-hydrogen) atoms. The number of carbonyl (C=O) groups excluding carboxylic acids is 1. The molecule has 0 aliphatic heterocycles. The van der Waals surface area contributed by atoms with E-state index in [-0.39, 0.29) is 33.7 Å². The largest absolute Gasteiger partial charge is 0.481 e. The quantitative estimate of drug-likeness (QED) is 0.799. The number of carboxylic acids is 1. The number of aliphatic carboxylic acids is 1. The van der Waals surface area contributed by atoms with Crippen molar-refractivity contribution < 1.29 is 14.7 Å². The van der Waals surface area contributed by atoms with Crippen molar-refractivity contribution in [2.24, 2.45) is 5.92 Å². The van der Waals surface area contributed by atoms with Crippen LogP contribution in [0.3, 0.4) is 0 Å². The third-order valence-corrected chi connectivity index (χ3v) is 3.78. The number of nitrogens with one attached hydrogen (secondary N) is 2. The van der Waals surface area contributed by atoms with Gasteiger partial charge in [-0.3, -0.25) is 9.59 Å². The van der Waals surface area contributed by atoms with E-state index in [0.717, 1.165) is 0 Å². The van der Waals surface area contributed by atoms with Gasteiger partial charge in [0.2, 0.25) is 0 Å². The van der Waals surface area contributed by atoms with Crippen LogP contribution >= 0.6 is 23.2 Å². The molecule has 1 aliphatic rings. The minimum absolute atomic E-state index is 0.112. The average molecular weight is 291 g/mol. The monoisotopic (exact) mass is 290 g/mol. The lowest BCUT2D eigenvalue weighted by Gasteiger charge is -2.11. The molecule has 1 heterocycles. The number of aromatic nitrogens is 1. The van der Waals surface area contributed by atoms with E-state index >= 15 is 0 Å². The molecule has 1 amide bonds. The Morgan fingerprint density at radius 1 is 1.39 bits per heavy atom. The highest BCUT2D eigenvalue weighted by Gasteiger charge is 2.30. The fraction of sp³-hybridized carbons (Fsp3) is 0.455. The maximum Gasteiger partial charge on any atom is 0.306 e. The molecule has 0 saturated heterocycles. The van der Waals surface area contributed by atoms with E-state index in [1.54, 1.807) is 0 Å². The summed E-state index contributed by atoms with van der Waals surface area (Å²) in [5.74, 6) is -1.50. The molecular weight excluding hydrogens is 279 g/mol. The summed E-state index contributed by atoms with van der Waals surface area (Å²) in [5, 5.41) is 12.1. The number of hydrogen-bond acceptors (Lipinski definition) is 2. The van der Waals surface area contributed by atoms with Crippen LogP contribution in [0.4, 0.5) is 0 Å². The maximum atomic E-state index is 11.8. The summed E-state index contributed by atoms with van der Waals surface area (Å²) < 4.78 is 0. The van der Waals surface area contributed by atoms with E-state index in [0.29, 0.717) is 19.3 Å². The Morgan fingerprint density at radius 3 is 2.61 bits per heavy atom. The van der Waals surface area contributed by atoms with Crippen LogP contribution in [0.25, 0.3) is 0 Å². The van der Waals surface area contributed by atoms with Gasteiger partial charge in [-0.05, 0) is 25.3 Å². The Morgan fingerprint density at radius 2 is 2.11 bits per heavy atom. The van der Waals surface area contributed by atoms with Crippen molar-refractivity contribution in [1.82, 2.24) is 10.3 Å². The molecule has 0 aromatic carbocycles. The second kappa shape index (κ2) is 5.20. The fourth-order valence-electron chi connectivity index (χ4n) is 2.13. The van der Waals surface area contributed by atoms with E-state index in [1.807, 2.05) is 0 Å². The van der Waals surface area contributed by atoms with E-state index in [1.165, 1.54) is 6.07 Å². The molecular formula is C11H12Cl2N2O3. The van der Waals surface area contributed by atoms with Gasteiger partial charge in [-0.25, -0.2) is 0 Å². The molecule has 3 N–H and O–H groups in total. The summed E-state index contributed by atoms with van der Waals surface area (Å²) in [6, 6.07) is 1.34. The number of hydrogen-bond donors (Lipinski definition) is 3. The highest BCUT2D eigenvalue weighted by atomic mass is 35.5. The van der Waals surface area contributed by atoms with Crippen LogP contribution in [0, 0.1) is 5.92 Å². The predicted molar refractivity (Wildman–Crippen MR) is 67.0 cm³/mol. The smallest absolute Gasteiger partial charge is 0.306 e. The van der Waals surface area contributed by atoms with Crippen molar-refractivity contribution in [3.05, 3.63) is 21.9 Å². The molecule has 5 nitrogen and oxygen atoms in total. The molecule has 0 spiro atoms. The van der Waals surface area contributed by atoms with Crippen molar-refractivity contribution in [1.29, 1.82) is 0 Å². The van der Waals surface area contributed by atoms with Gasteiger partial charge in [-0.2, -0.15) is 0 Å². The molecule has 0 radical (unpaired) electrons. The van der Waals surface area contributed by atoms with Crippen LogP contribution in [0.5, 0.6) is 0 Å². The number of carboxylic acid groups (broad SMARTS) is 1. The van der Waals surface area contributed by atoms with E-state index < -0.39 is 5.97 Å². The fourth-order valence-corrected chi connectivity index (χ4v) is 2.44. The van der Waals surface area contributed by atoms with Gasteiger partial charge in [-0.15, -0.1) is 0 Å². The zero-order chi connectivity index (χ0) is 13.3. The molecule has 1 fully saturated rings. The summed E-state index contributed by atoms with van der Waals surface area (Å²) in [6.07, 6.45) is 1.72. The number of carbonyl (C=O) groups is 2. The molecule has 1 aromatic heterocycles. The van der Waals surface area contributed by atoms with E-state index in [9.17, 15) is 9.59 Å². The summed E-state index contributed by atoms with van der Waals surface area (Å²) in [7, 11) is 0. The van der Waals surface area contributed by atoms with Gasteiger partial charge in [0.15, 0.2) is 0 Å². The van der Waals surface area contributed by atoms with Gasteiger partial charge in [0.25, 0.3) is 5.91 Å². The van der Waals surface area contributed by atoms with Crippen molar-refractivity contribution in [2.45, 2.75) is 25.3 Å². The first-order chi connectivity index (χ1) is 8.47. The highest BCUT2D eigenvalue weighted by molar-refractivity contribution is 6.41. The van der Waals surface area contributed by atoms with Crippen molar-refractivity contribution in [3.63, 3.8) is 0 Å². The number of rotatable bonds is 3. The minimum Gasteiger partial charge on any atom is -0.481 e. The van der Waals surface area contributed by atoms with Crippen molar-refractivity contribution >= 4 is 35.1 Å². The zero-order valence-electron chi connectivity index (χ0n) is 9.37. The summed E-state index contributed by atoms with van der Waals surface area (Å²) in [6.45, 7) is 0. The summed E-state index contributed by atoms with van der Waals surface area (Å²) in [4.78, 5) is 25.3. The first-order valence-corrected chi connectivity index (χ1v) is 6.30. The lowest BCUT2D eigenvalue weighted by atomic mass is 10.1. The Kier molecular flexibility index (Phi) is 3.82. The Hall–Kier alpha value is -1.20. The van der Waals surface area contributed by atoms with Gasteiger partial charge in [0, 0.05) is 6.04 Å². The molecule has 2 rings (SSSR count). The molecule has 1 aromatic rings. The second-order valence-electron chi connectivity index (χ2n) is 4.36. The third kappa shape index (κ3) is 2.79. The molecule has 2 unspecified atom stereocenters. The first-order valence-electron chi connectivity index (χ1n) is 5.55. The van der Waals surface area contributed by atoms with Crippen LogP contribution in [-0.4, -0.2) is 28.0 Å². The van der Waals surface area contributed by atoms with E-state index in [2.05, 4.69) is 10.3 Å². The summed E-state index contributed by atoms with van der Waals surface area (Å²) in [5.41, 5.74) is 0.281. The van der Waals surface area contributed by atoms with Crippen LogP contribution in [-0.2, 0) is 4.79 Å². The van der Waals surface area contributed by atoms with Crippen LogP contribution in [0.2, 0.25) is 10.2 Å². The van der Waals surface area contributed by atoms with E-state index in [4.69, 9.17) is 28.3 Å². The topological polar surface area (TPSA) is 82.2 Å². The number of aromatic amines is 1. The molecule has 7 heteroatoms. The Bertz CT molecular complexity index is 467. The lowest BCUT2D eigenvalue weighted by molar-refractivity contribution is -0.141. The first kappa shape index (κ1) is 13.2. The standard InChI is InChI=1S/C11H12Cl2N2O3/c12-7-4-8(15-9(7)13)10(16)14-6-2-1-5(3-6)11(17)18/h4-6,15H,1-3H2,(H,14,16)(H,17,18). The zero-order valence-corrected chi connectivity index (χ0v) is 10.9. The predicted octanol–water partition coefficient (Wildman–Crippen LogP) is 2.30. The van der Waals surface area contributed by atoms with Gasteiger partial charge in [-0.1, -0.05) is 23.2 Å². The Balaban J connectivity index is 1.94. The summed E-state index contributed by atoms with van der Waals surface area (Å²) >= 11 is 11.4. The van der Waals surface area contributed by atoms with Gasteiger partial charge in [0.1, 0.15) is 10.8 Å². The minimum atomic E-state index is -0.808. The number of halogens is 2. The van der Waals surface area contributed by atoms with Crippen LogP contribution in [0.15, 0.2) is 6.07 Å². The molecule has 98 valence electrons. The van der Waals surface area contributed by atoms with Crippen molar-refractivity contribution in [2.75, 3.05) is 0 Å². The van der Waals surface area contributed by atoms with Gasteiger partial charge >= 0.3 is 5.97 Å². The third-order valence-electron chi connectivity index (χ3n) is 3.09.